The molecule has 1 aromatic rings. The van der Waals surface area contributed by atoms with Gasteiger partial charge in [-0.25, -0.2) is 4.79 Å². The Bertz CT molecular complexity index is 803. The van der Waals surface area contributed by atoms with Crippen LogP contribution in [0.1, 0.15) is 12.5 Å². The van der Waals surface area contributed by atoms with Crippen LogP contribution in [-0.2, 0) is 25.5 Å². The first-order valence-electron chi connectivity index (χ1n) is 8.69. The van der Waals surface area contributed by atoms with Gasteiger partial charge in [0.15, 0.2) is 6.04 Å². The lowest BCUT2D eigenvalue weighted by Crippen LogP contribution is -2.78. The molecule has 0 aromatic heterocycles. The first-order valence-corrected chi connectivity index (χ1v) is 11.2. The maximum atomic E-state index is 12.7. The van der Waals surface area contributed by atoms with E-state index < -0.39 is 44.6 Å². The second-order valence-electron chi connectivity index (χ2n) is 7.06. The number of carbonyl (C=O) groups excluding carboxylic acids is 3. The summed E-state index contributed by atoms with van der Waals surface area (Å²) in [5, 5.41) is 2.33. The number of halogens is 4. The molecule has 2 aliphatic rings. The van der Waals surface area contributed by atoms with Gasteiger partial charge in [0, 0.05) is 5.75 Å². The van der Waals surface area contributed by atoms with Crippen molar-refractivity contribution in [2.75, 3.05) is 12.4 Å². The van der Waals surface area contributed by atoms with E-state index in [1.165, 1.54) is 16.7 Å². The fraction of sp³-hybridized carbons (Fsp3) is 0.500. The van der Waals surface area contributed by atoms with E-state index in [1.807, 2.05) is 30.3 Å². The first kappa shape index (κ1) is 22.8. The summed E-state index contributed by atoms with van der Waals surface area (Å²) in [6.07, 6.45) is 0.157. The zero-order chi connectivity index (χ0) is 21.4. The Hall–Kier alpha value is -0.860. The Kier molecular flexibility index (Phi) is 6.85. The molecule has 11 heteroatoms. The molecule has 2 heterocycles. The molecular weight excluding hydrogens is 482 g/mol. The molecule has 3 rings (SSSR count). The zero-order valence-corrected chi connectivity index (χ0v) is 19.1. The Labute approximate surface area is 192 Å². The highest BCUT2D eigenvalue weighted by molar-refractivity contribution is 8.00. The lowest BCUT2D eigenvalue weighted by Gasteiger charge is -2.56. The predicted molar refractivity (Wildman–Crippen MR) is 114 cm³/mol. The van der Waals surface area contributed by atoms with Crippen LogP contribution >= 0.6 is 58.2 Å². The smallest absolute Gasteiger partial charge is 0.330 e. The molecule has 0 unspecified atom stereocenters. The van der Waals surface area contributed by atoms with Gasteiger partial charge in [-0.1, -0.05) is 65.1 Å². The summed E-state index contributed by atoms with van der Waals surface area (Å²) in [7, 11) is 0. The van der Waals surface area contributed by atoms with Gasteiger partial charge in [0.2, 0.25) is 15.6 Å². The minimum absolute atomic E-state index is 0.157. The summed E-state index contributed by atoms with van der Waals surface area (Å²) in [4.78, 5) is 38.0. The number of hydrogen-bond donors (Lipinski definition) is 1. The van der Waals surface area contributed by atoms with Crippen LogP contribution in [0, 0.1) is 0 Å². The molecule has 0 radical (unpaired) electrons. The topological polar surface area (TPSA) is 75.7 Å². The lowest BCUT2D eigenvalue weighted by atomic mass is 9.94. The van der Waals surface area contributed by atoms with Crippen molar-refractivity contribution in [1.82, 2.24) is 10.2 Å². The largest absolute Gasteiger partial charge is 0.460 e. The first-order chi connectivity index (χ1) is 13.5. The highest BCUT2D eigenvalue weighted by atomic mass is 35.6. The highest BCUT2D eigenvalue weighted by Gasteiger charge is 2.61. The summed E-state index contributed by atoms with van der Waals surface area (Å²) >= 11 is 24.8. The van der Waals surface area contributed by atoms with E-state index in [9.17, 15) is 14.4 Å². The number of esters is 1. The number of alkyl halides is 4. The van der Waals surface area contributed by atoms with E-state index >= 15 is 0 Å². The van der Waals surface area contributed by atoms with E-state index in [1.54, 1.807) is 6.92 Å². The van der Waals surface area contributed by atoms with Crippen molar-refractivity contribution in [3.05, 3.63) is 35.9 Å². The maximum Gasteiger partial charge on any atom is 0.330 e. The average molecular weight is 500 g/mol. The molecule has 158 valence electrons. The molecule has 1 N–H and O–H groups in total. The summed E-state index contributed by atoms with van der Waals surface area (Å²) in [6, 6.07) is 7.43. The molecule has 1 aromatic carbocycles. The predicted octanol–water partition coefficient (Wildman–Crippen LogP) is 2.91. The molecule has 2 fully saturated rings. The van der Waals surface area contributed by atoms with Crippen molar-refractivity contribution >= 4 is 75.9 Å². The fourth-order valence-corrected chi connectivity index (χ4v) is 5.25. The van der Waals surface area contributed by atoms with Crippen LogP contribution in [0.15, 0.2) is 30.3 Å². The van der Waals surface area contributed by atoms with Gasteiger partial charge in [0.25, 0.3) is 0 Å². The van der Waals surface area contributed by atoms with Crippen LogP contribution in [0.5, 0.6) is 0 Å². The summed E-state index contributed by atoms with van der Waals surface area (Å²) in [5.41, 5.74) is 0.839. The van der Waals surface area contributed by atoms with Gasteiger partial charge in [-0.3, -0.25) is 9.59 Å². The van der Waals surface area contributed by atoms with Crippen molar-refractivity contribution in [3.8, 4) is 0 Å². The summed E-state index contributed by atoms with van der Waals surface area (Å²) in [5.74, 6) is -1.04. The van der Waals surface area contributed by atoms with Crippen LogP contribution < -0.4 is 5.32 Å². The Morgan fingerprint density at radius 2 is 1.97 bits per heavy atom. The molecule has 2 amide bonds. The fourth-order valence-electron chi connectivity index (χ4n) is 3.28. The normalized spacial score (nSPS) is 28.9. The number of β-lactam (4-membered cyclic amide) rings is 1. The summed E-state index contributed by atoms with van der Waals surface area (Å²) in [6.45, 7) is 1.19. The van der Waals surface area contributed by atoms with Crippen molar-refractivity contribution in [2.45, 2.75) is 39.5 Å². The SMILES string of the molecule is C[C@@]1(Cl)CS[C@H]2[C@H](NC(=O)Cc3ccccc3)C(=O)N2[C@H]1C(=O)OCC(Cl)(Cl)Cl. The minimum atomic E-state index is -1.77. The molecule has 0 saturated carbocycles. The van der Waals surface area contributed by atoms with Crippen LogP contribution in [0.4, 0.5) is 0 Å². The lowest BCUT2D eigenvalue weighted by molar-refractivity contribution is -0.167. The number of carbonyl (C=O) groups is 3. The number of ether oxygens (including phenoxy) is 1. The van der Waals surface area contributed by atoms with Crippen LogP contribution in [-0.4, -0.2) is 61.2 Å². The van der Waals surface area contributed by atoms with Gasteiger partial charge < -0.3 is 15.0 Å². The monoisotopic (exact) mass is 498 g/mol. The van der Waals surface area contributed by atoms with Crippen LogP contribution in [0.2, 0.25) is 0 Å². The number of hydrogen-bond acceptors (Lipinski definition) is 5. The van der Waals surface area contributed by atoms with E-state index in [0.717, 1.165) is 5.56 Å². The van der Waals surface area contributed by atoms with Crippen molar-refractivity contribution in [3.63, 3.8) is 0 Å². The molecule has 0 aliphatic carbocycles. The highest BCUT2D eigenvalue weighted by Crippen LogP contribution is 2.45. The third-order valence-corrected chi connectivity index (χ3v) is 7.02. The number of nitrogens with one attached hydrogen (secondary N) is 1. The van der Waals surface area contributed by atoms with Gasteiger partial charge in [0.05, 0.1) is 11.3 Å². The number of amides is 2. The minimum Gasteiger partial charge on any atom is -0.460 e. The van der Waals surface area contributed by atoms with Gasteiger partial charge in [-0.2, -0.15) is 0 Å². The van der Waals surface area contributed by atoms with Crippen LogP contribution in [0.3, 0.4) is 0 Å². The van der Waals surface area contributed by atoms with Crippen molar-refractivity contribution in [1.29, 1.82) is 0 Å². The standard InChI is InChI=1S/C18H18Cl4N2O4S/c1-17(19)9-29-15-12(23-11(25)7-10-5-3-2-4-6-10)14(26)24(15)13(17)16(27)28-8-18(20,21)22/h2-6,12-13,15H,7-9H2,1H3,(H,23,25)/t12-,13+,15+,17-/m1/s1. The molecule has 0 bridgehead atoms. The van der Waals surface area contributed by atoms with E-state index in [4.69, 9.17) is 51.1 Å². The molecular formula is C18H18Cl4N2O4S. The van der Waals surface area contributed by atoms with Crippen molar-refractivity contribution in [2.24, 2.45) is 0 Å². The molecule has 6 nitrogen and oxygen atoms in total. The van der Waals surface area contributed by atoms with Gasteiger partial charge in [-0.05, 0) is 12.5 Å². The number of benzene rings is 1. The summed E-state index contributed by atoms with van der Waals surface area (Å²) < 4.78 is 3.30. The molecule has 29 heavy (non-hydrogen) atoms. The van der Waals surface area contributed by atoms with Gasteiger partial charge in [0.1, 0.15) is 18.0 Å². The Balaban J connectivity index is 1.66. The van der Waals surface area contributed by atoms with E-state index in [-0.39, 0.29) is 12.3 Å². The van der Waals surface area contributed by atoms with Crippen molar-refractivity contribution < 1.29 is 19.1 Å². The van der Waals surface area contributed by atoms with Crippen LogP contribution in [0.25, 0.3) is 0 Å². The number of fused-ring (bicyclic) bond motifs is 1. The zero-order valence-electron chi connectivity index (χ0n) is 15.2. The quantitative estimate of drug-likeness (QED) is 0.383. The second-order valence-corrected chi connectivity index (χ2v) is 11.5. The average Bonchev–Trinajstić information content (AvgIpc) is 2.63. The van der Waals surface area contributed by atoms with Gasteiger partial charge in [-0.15, -0.1) is 23.4 Å². The maximum absolute atomic E-state index is 12.7. The molecule has 2 saturated heterocycles. The van der Waals surface area contributed by atoms with E-state index in [0.29, 0.717) is 5.75 Å². The number of nitrogens with zero attached hydrogens (tertiary/aromatic N) is 1. The third kappa shape index (κ3) is 5.25. The Morgan fingerprint density at radius 1 is 1.31 bits per heavy atom. The number of thioether (sulfide) groups is 1. The molecule has 0 spiro atoms. The Morgan fingerprint density at radius 3 is 2.59 bits per heavy atom. The molecule has 4 atom stereocenters. The third-order valence-electron chi connectivity index (χ3n) is 4.59. The second kappa shape index (κ2) is 8.71. The number of rotatable bonds is 5. The van der Waals surface area contributed by atoms with Gasteiger partial charge >= 0.3 is 5.97 Å². The molecule has 2 aliphatic heterocycles. The van der Waals surface area contributed by atoms with E-state index in [2.05, 4.69) is 5.32 Å².